The Kier molecular flexibility index (Phi) is 5.82. The number of nitrogens with zero attached hydrogens (tertiary/aromatic N) is 4. The highest BCUT2D eigenvalue weighted by molar-refractivity contribution is 6.04. The second-order valence-corrected chi connectivity index (χ2v) is 8.85. The number of rotatable bonds is 2. The summed E-state index contributed by atoms with van der Waals surface area (Å²) in [5, 5.41) is 0. The van der Waals surface area contributed by atoms with Gasteiger partial charge >= 0.3 is 0 Å². The van der Waals surface area contributed by atoms with Crippen LogP contribution < -0.4 is 0 Å². The van der Waals surface area contributed by atoms with Gasteiger partial charge in [-0.2, -0.15) is 0 Å². The van der Waals surface area contributed by atoms with Crippen molar-refractivity contribution in [2.45, 2.75) is 0 Å². The third kappa shape index (κ3) is 4.36. The Labute approximate surface area is 229 Å². The summed E-state index contributed by atoms with van der Waals surface area (Å²) in [7, 11) is 0. The fourth-order valence-corrected chi connectivity index (χ4v) is 4.31. The minimum absolute atomic E-state index is 0.463. The Bertz CT molecular complexity index is 1890. The molecule has 0 bridgehead atoms. The van der Waals surface area contributed by atoms with Crippen molar-refractivity contribution in [1.82, 2.24) is 19.9 Å². The van der Waals surface area contributed by atoms with E-state index in [-0.39, 0.29) is 0 Å². The van der Waals surface area contributed by atoms with Gasteiger partial charge in [-0.05, 0) is 48.5 Å². The Morgan fingerprint density at radius 2 is 0.850 bits per heavy atom. The summed E-state index contributed by atoms with van der Waals surface area (Å²) in [5.41, 5.74) is 6.59. The number of hydrogen-bond acceptors (Lipinski definition) is 6. The molecule has 6 heteroatoms. The van der Waals surface area contributed by atoms with Crippen LogP contribution in [0, 0.1) is 23.7 Å². The summed E-state index contributed by atoms with van der Waals surface area (Å²) in [5.74, 6) is 13.9. The Morgan fingerprint density at radius 1 is 0.450 bits per heavy atom. The molecule has 0 atom stereocenters. The van der Waals surface area contributed by atoms with Crippen LogP contribution in [0.1, 0.15) is 22.3 Å². The molecule has 186 valence electrons. The van der Waals surface area contributed by atoms with E-state index in [1.807, 2.05) is 84.9 Å². The molecule has 0 radical (unpaired) electrons. The van der Waals surface area contributed by atoms with Crippen LogP contribution in [-0.2, 0) is 0 Å². The molecular formula is C34H18N4O2. The highest BCUT2D eigenvalue weighted by Crippen LogP contribution is 2.37. The molecule has 7 aromatic rings. The topological polar surface area (TPSA) is 77.8 Å². The average Bonchev–Trinajstić information content (AvgIpc) is 3.67. The van der Waals surface area contributed by atoms with Crippen LogP contribution in [0.2, 0.25) is 0 Å². The lowest BCUT2D eigenvalue weighted by molar-refractivity contribution is 0.617. The zero-order chi connectivity index (χ0) is 26.7. The Morgan fingerprint density at radius 3 is 1.25 bits per heavy atom. The summed E-state index contributed by atoms with van der Waals surface area (Å²) in [6, 6.07) is 26.9. The van der Waals surface area contributed by atoms with Crippen molar-refractivity contribution >= 4 is 22.2 Å². The van der Waals surface area contributed by atoms with Crippen molar-refractivity contribution in [3.05, 3.63) is 132 Å². The maximum Gasteiger partial charge on any atom is 0.227 e. The molecule has 7 rings (SSSR count). The lowest BCUT2D eigenvalue weighted by Crippen LogP contribution is -1.88. The number of hydrogen-bond donors (Lipinski definition) is 0. The van der Waals surface area contributed by atoms with Crippen LogP contribution in [0.15, 0.2) is 119 Å². The summed E-state index contributed by atoms with van der Waals surface area (Å²) >= 11 is 0. The predicted molar refractivity (Wildman–Crippen MR) is 153 cm³/mol. The molecule has 0 saturated heterocycles. The predicted octanol–water partition coefficient (Wildman–Crippen LogP) is 6.89. The highest BCUT2D eigenvalue weighted by Gasteiger charge is 2.24. The summed E-state index contributed by atoms with van der Waals surface area (Å²) in [6.45, 7) is 0. The molecule has 40 heavy (non-hydrogen) atoms. The number of pyridine rings is 2. The number of fused-ring (bicyclic) bond motifs is 2. The van der Waals surface area contributed by atoms with Gasteiger partial charge in [-0.1, -0.05) is 60.1 Å². The third-order valence-corrected chi connectivity index (χ3v) is 6.25. The van der Waals surface area contributed by atoms with E-state index < -0.39 is 0 Å². The monoisotopic (exact) mass is 514 g/mol. The number of oxazole rings is 2. The maximum atomic E-state index is 6.40. The van der Waals surface area contributed by atoms with Gasteiger partial charge in [0.1, 0.15) is 11.0 Å². The molecule has 4 aromatic heterocycles. The first kappa shape index (κ1) is 23.2. The summed E-state index contributed by atoms with van der Waals surface area (Å²) < 4.78 is 12.8. The van der Waals surface area contributed by atoms with Crippen LogP contribution in [-0.4, -0.2) is 19.9 Å². The highest BCUT2D eigenvalue weighted by atomic mass is 16.4. The zero-order valence-electron chi connectivity index (χ0n) is 21.0. The van der Waals surface area contributed by atoms with Crippen LogP contribution in [0.3, 0.4) is 0 Å². The molecule has 0 fully saturated rings. The van der Waals surface area contributed by atoms with Gasteiger partial charge in [0.05, 0.1) is 11.1 Å². The van der Waals surface area contributed by atoms with Gasteiger partial charge in [0.2, 0.25) is 11.8 Å². The molecule has 0 saturated carbocycles. The molecule has 0 unspecified atom stereocenters. The normalized spacial score (nSPS) is 10.6. The van der Waals surface area contributed by atoms with Gasteiger partial charge in [0.15, 0.2) is 11.2 Å². The van der Waals surface area contributed by atoms with E-state index in [1.165, 1.54) is 0 Å². The second-order valence-electron chi connectivity index (χ2n) is 8.85. The molecule has 0 aliphatic heterocycles. The van der Waals surface area contributed by atoms with Crippen LogP contribution in [0.25, 0.3) is 45.1 Å². The van der Waals surface area contributed by atoms with E-state index in [1.54, 1.807) is 24.8 Å². The number of aromatic nitrogens is 4. The van der Waals surface area contributed by atoms with Gasteiger partial charge in [-0.15, -0.1) is 0 Å². The first-order valence-electron chi connectivity index (χ1n) is 12.6. The third-order valence-electron chi connectivity index (χ3n) is 6.25. The smallest absolute Gasteiger partial charge is 0.227 e. The van der Waals surface area contributed by atoms with E-state index in [0.29, 0.717) is 45.1 Å². The molecule has 6 nitrogen and oxygen atoms in total. The molecule has 0 aliphatic carbocycles. The van der Waals surface area contributed by atoms with Gasteiger partial charge in [-0.3, -0.25) is 9.97 Å². The first-order valence-corrected chi connectivity index (χ1v) is 12.6. The number of benzene rings is 3. The zero-order valence-corrected chi connectivity index (χ0v) is 21.0. The molecule has 0 aliphatic rings. The van der Waals surface area contributed by atoms with Crippen LogP contribution in [0.5, 0.6) is 0 Å². The van der Waals surface area contributed by atoms with Crippen molar-refractivity contribution < 1.29 is 8.83 Å². The summed E-state index contributed by atoms with van der Waals surface area (Å²) in [4.78, 5) is 18.0. The molecule has 3 aromatic carbocycles. The van der Waals surface area contributed by atoms with Crippen molar-refractivity contribution in [1.29, 1.82) is 0 Å². The maximum absolute atomic E-state index is 6.40. The Hall–Kier alpha value is -5.98. The summed E-state index contributed by atoms with van der Waals surface area (Å²) in [6.07, 6.45) is 6.83. The minimum Gasteiger partial charge on any atom is -0.435 e. The lowest BCUT2D eigenvalue weighted by Gasteiger charge is -1.98. The molecule has 4 heterocycles. The van der Waals surface area contributed by atoms with Gasteiger partial charge in [0, 0.05) is 47.0 Å². The van der Waals surface area contributed by atoms with E-state index in [0.717, 1.165) is 22.3 Å². The molecular weight excluding hydrogens is 496 g/mol. The van der Waals surface area contributed by atoms with Crippen molar-refractivity contribution in [3.8, 4) is 46.6 Å². The fourth-order valence-electron chi connectivity index (χ4n) is 4.31. The average molecular weight is 515 g/mol. The van der Waals surface area contributed by atoms with E-state index in [4.69, 9.17) is 18.8 Å². The molecule has 0 spiro atoms. The Balaban J connectivity index is 1.55. The van der Waals surface area contributed by atoms with E-state index in [9.17, 15) is 0 Å². The SMILES string of the molecule is C(#Cc1c2nc(-c3ccccc3)oc2c(C#Cc2ccncc2)c2nc(-c3ccccc3)oc12)c1ccncc1. The molecule has 0 amide bonds. The van der Waals surface area contributed by atoms with Crippen LogP contribution >= 0.6 is 0 Å². The first-order chi connectivity index (χ1) is 19.8. The van der Waals surface area contributed by atoms with Crippen molar-refractivity contribution in [2.24, 2.45) is 0 Å². The van der Waals surface area contributed by atoms with E-state index >= 15 is 0 Å². The lowest BCUT2D eigenvalue weighted by atomic mass is 10.1. The fraction of sp³-hybridized carbons (Fsp3) is 0. The van der Waals surface area contributed by atoms with Gasteiger partial charge in [0.25, 0.3) is 0 Å². The largest absolute Gasteiger partial charge is 0.435 e. The van der Waals surface area contributed by atoms with Crippen molar-refractivity contribution in [3.63, 3.8) is 0 Å². The van der Waals surface area contributed by atoms with E-state index in [2.05, 4.69) is 33.6 Å². The van der Waals surface area contributed by atoms with Crippen LogP contribution in [0.4, 0.5) is 0 Å². The quantitative estimate of drug-likeness (QED) is 0.234. The molecule has 0 N–H and O–H groups in total. The van der Waals surface area contributed by atoms with Crippen molar-refractivity contribution in [2.75, 3.05) is 0 Å². The van der Waals surface area contributed by atoms with Gasteiger partial charge in [-0.25, -0.2) is 9.97 Å². The standard InChI is InChI=1S/C34H18N4O2/c1-3-7-25(8-4-1)33-37-29-27(13-11-23-15-19-35-20-16-23)32-30(38-34(40-32)26-9-5-2-6-10-26)28(31(29)39-33)14-12-24-17-21-36-22-18-24/h1-10,15-22H. The minimum atomic E-state index is 0.463. The van der Waals surface area contributed by atoms with Gasteiger partial charge < -0.3 is 8.83 Å². The second kappa shape index (κ2) is 10.1.